The zero-order chi connectivity index (χ0) is 6.85. The number of allylic oxidation sites excluding steroid dienone is 1. The quantitative estimate of drug-likeness (QED) is 0.469. The Labute approximate surface area is 57.3 Å². The normalized spacial score (nSPS) is 33.3. The fraction of sp³-hybridized carbons (Fsp3) is 0.667. The van der Waals surface area contributed by atoms with E-state index in [1.54, 1.807) is 0 Å². The maximum absolute atomic E-state index is 3.65. The molecule has 1 aliphatic carbocycles. The van der Waals surface area contributed by atoms with Crippen LogP contribution in [0.5, 0.6) is 0 Å². The van der Waals surface area contributed by atoms with Crippen LogP contribution in [0.25, 0.3) is 0 Å². The monoisotopic (exact) mass is 122 g/mol. The van der Waals surface area contributed by atoms with Crippen LogP contribution < -0.4 is 0 Å². The highest BCUT2D eigenvalue weighted by molar-refractivity contribution is 5.15. The van der Waals surface area contributed by atoms with E-state index in [0.717, 1.165) is 11.8 Å². The molecule has 0 spiro atoms. The van der Waals surface area contributed by atoms with E-state index in [1.807, 2.05) is 0 Å². The molecule has 0 aromatic heterocycles. The molecular formula is C9H14. The molecule has 0 heteroatoms. The molecule has 0 radical (unpaired) electrons. The van der Waals surface area contributed by atoms with Gasteiger partial charge in [0.15, 0.2) is 0 Å². The summed E-state index contributed by atoms with van der Waals surface area (Å²) < 4.78 is 0. The van der Waals surface area contributed by atoms with Crippen LogP contribution in [0.15, 0.2) is 17.9 Å². The van der Waals surface area contributed by atoms with E-state index in [0.29, 0.717) is 0 Å². The molecule has 9 heavy (non-hydrogen) atoms. The molecule has 0 aromatic rings. The van der Waals surface area contributed by atoms with Crippen molar-refractivity contribution in [2.75, 3.05) is 0 Å². The predicted molar refractivity (Wildman–Crippen MR) is 40.2 cm³/mol. The summed E-state index contributed by atoms with van der Waals surface area (Å²) in [6, 6.07) is 0. The van der Waals surface area contributed by atoms with Gasteiger partial charge in [-0.25, -0.2) is 0 Å². The SMILES string of the molecule is C=C=C1CC(C)C1CC. The summed E-state index contributed by atoms with van der Waals surface area (Å²) in [5, 5.41) is 0. The maximum atomic E-state index is 3.65. The van der Waals surface area contributed by atoms with Crippen molar-refractivity contribution in [2.24, 2.45) is 11.8 Å². The summed E-state index contributed by atoms with van der Waals surface area (Å²) in [7, 11) is 0. The van der Waals surface area contributed by atoms with E-state index in [4.69, 9.17) is 0 Å². The Balaban J connectivity index is 2.58. The zero-order valence-corrected chi connectivity index (χ0v) is 6.28. The molecule has 0 aromatic carbocycles. The highest BCUT2D eigenvalue weighted by atomic mass is 14.3. The lowest BCUT2D eigenvalue weighted by molar-refractivity contribution is 0.293. The molecule has 0 bridgehead atoms. The van der Waals surface area contributed by atoms with Crippen LogP contribution in [0.4, 0.5) is 0 Å². The minimum absolute atomic E-state index is 0.808. The zero-order valence-electron chi connectivity index (χ0n) is 6.28. The third kappa shape index (κ3) is 0.951. The van der Waals surface area contributed by atoms with Crippen LogP contribution in [0.2, 0.25) is 0 Å². The summed E-state index contributed by atoms with van der Waals surface area (Å²) in [6.07, 6.45) is 2.50. The van der Waals surface area contributed by atoms with Crippen molar-refractivity contribution >= 4 is 0 Å². The van der Waals surface area contributed by atoms with E-state index in [9.17, 15) is 0 Å². The number of hydrogen-bond donors (Lipinski definition) is 0. The van der Waals surface area contributed by atoms with E-state index < -0.39 is 0 Å². The van der Waals surface area contributed by atoms with Gasteiger partial charge < -0.3 is 0 Å². The second kappa shape index (κ2) is 2.41. The predicted octanol–water partition coefficient (Wildman–Crippen LogP) is 2.76. The van der Waals surface area contributed by atoms with E-state index >= 15 is 0 Å². The smallest absolute Gasteiger partial charge is 0.0101 e. The topological polar surface area (TPSA) is 0 Å². The van der Waals surface area contributed by atoms with E-state index in [2.05, 4.69) is 26.2 Å². The van der Waals surface area contributed by atoms with Gasteiger partial charge in [-0.2, -0.15) is 0 Å². The van der Waals surface area contributed by atoms with Crippen molar-refractivity contribution in [1.29, 1.82) is 0 Å². The molecule has 0 N–H and O–H groups in total. The van der Waals surface area contributed by atoms with Gasteiger partial charge in [-0.05, 0) is 30.3 Å². The Bertz CT molecular complexity index is 149. The molecule has 0 saturated heterocycles. The minimum atomic E-state index is 0.808. The van der Waals surface area contributed by atoms with Gasteiger partial charge in [-0.1, -0.05) is 20.4 Å². The molecule has 1 aliphatic rings. The number of hydrogen-bond acceptors (Lipinski definition) is 0. The summed E-state index contributed by atoms with van der Waals surface area (Å²) >= 11 is 0. The van der Waals surface area contributed by atoms with Gasteiger partial charge in [-0.15, -0.1) is 5.73 Å². The average Bonchev–Trinajstić information content (AvgIpc) is 1.83. The Morgan fingerprint density at radius 2 is 2.44 bits per heavy atom. The van der Waals surface area contributed by atoms with Gasteiger partial charge in [0.1, 0.15) is 0 Å². The lowest BCUT2D eigenvalue weighted by atomic mass is 9.69. The molecule has 0 nitrogen and oxygen atoms in total. The Hall–Kier alpha value is -0.480. The largest absolute Gasteiger partial charge is 0.129 e. The van der Waals surface area contributed by atoms with E-state index in [-0.39, 0.29) is 0 Å². The first-order valence-corrected chi connectivity index (χ1v) is 3.68. The molecule has 0 heterocycles. The fourth-order valence-corrected chi connectivity index (χ4v) is 1.68. The van der Waals surface area contributed by atoms with Crippen molar-refractivity contribution in [3.63, 3.8) is 0 Å². The lowest BCUT2D eigenvalue weighted by Crippen LogP contribution is -2.25. The van der Waals surface area contributed by atoms with Crippen molar-refractivity contribution < 1.29 is 0 Å². The van der Waals surface area contributed by atoms with Gasteiger partial charge in [0.25, 0.3) is 0 Å². The molecule has 1 rings (SSSR count). The van der Waals surface area contributed by atoms with Gasteiger partial charge >= 0.3 is 0 Å². The van der Waals surface area contributed by atoms with Crippen LogP contribution in [-0.4, -0.2) is 0 Å². The molecular weight excluding hydrogens is 108 g/mol. The Morgan fingerprint density at radius 1 is 1.78 bits per heavy atom. The summed E-state index contributed by atoms with van der Waals surface area (Å²) in [5.74, 6) is 1.70. The van der Waals surface area contributed by atoms with Crippen molar-refractivity contribution in [3.8, 4) is 0 Å². The first kappa shape index (κ1) is 6.64. The van der Waals surface area contributed by atoms with Crippen LogP contribution >= 0.6 is 0 Å². The summed E-state index contributed by atoms with van der Waals surface area (Å²) in [4.78, 5) is 0. The Kier molecular flexibility index (Phi) is 1.78. The highest BCUT2D eigenvalue weighted by Crippen LogP contribution is 2.40. The fourth-order valence-electron chi connectivity index (χ4n) is 1.68. The van der Waals surface area contributed by atoms with Crippen LogP contribution in [0.1, 0.15) is 26.7 Å². The highest BCUT2D eigenvalue weighted by Gasteiger charge is 2.29. The summed E-state index contributed by atoms with van der Waals surface area (Å²) in [6.45, 7) is 8.19. The van der Waals surface area contributed by atoms with Gasteiger partial charge in [-0.3, -0.25) is 0 Å². The maximum Gasteiger partial charge on any atom is -0.0101 e. The third-order valence-electron chi connectivity index (χ3n) is 2.34. The van der Waals surface area contributed by atoms with Crippen LogP contribution in [0.3, 0.4) is 0 Å². The second-order valence-electron chi connectivity index (χ2n) is 2.90. The van der Waals surface area contributed by atoms with Gasteiger partial charge in [0.2, 0.25) is 0 Å². The lowest BCUT2D eigenvalue weighted by Gasteiger charge is -2.35. The standard InChI is InChI=1S/C9H14/c1-4-8-6-7(3)9(8)5-2/h7,9H,1,5-6H2,2-3H3. The average molecular weight is 122 g/mol. The molecule has 2 atom stereocenters. The number of rotatable bonds is 1. The van der Waals surface area contributed by atoms with Crippen molar-refractivity contribution in [1.82, 2.24) is 0 Å². The van der Waals surface area contributed by atoms with Crippen LogP contribution in [-0.2, 0) is 0 Å². The molecule has 1 saturated carbocycles. The van der Waals surface area contributed by atoms with Gasteiger partial charge in [0, 0.05) is 0 Å². The van der Waals surface area contributed by atoms with Gasteiger partial charge in [0.05, 0.1) is 0 Å². The molecule has 1 fully saturated rings. The summed E-state index contributed by atoms with van der Waals surface area (Å²) in [5.41, 5.74) is 4.45. The Morgan fingerprint density at radius 3 is 2.67 bits per heavy atom. The second-order valence-corrected chi connectivity index (χ2v) is 2.90. The molecule has 50 valence electrons. The molecule has 0 aliphatic heterocycles. The van der Waals surface area contributed by atoms with Crippen molar-refractivity contribution in [3.05, 3.63) is 17.9 Å². The van der Waals surface area contributed by atoms with Crippen LogP contribution in [0, 0.1) is 11.8 Å². The first-order valence-electron chi connectivity index (χ1n) is 3.68. The third-order valence-corrected chi connectivity index (χ3v) is 2.34. The van der Waals surface area contributed by atoms with Crippen molar-refractivity contribution in [2.45, 2.75) is 26.7 Å². The molecule has 2 unspecified atom stereocenters. The van der Waals surface area contributed by atoms with E-state index in [1.165, 1.54) is 18.4 Å². The first-order chi connectivity index (χ1) is 4.29. The molecule has 0 amide bonds. The minimum Gasteiger partial charge on any atom is -0.129 e.